The van der Waals surface area contributed by atoms with Crippen LogP contribution in [0.1, 0.15) is 140 Å². The van der Waals surface area contributed by atoms with Crippen LogP contribution in [0.25, 0.3) is 26.8 Å². The summed E-state index contributed by atoms with van der Waals surface area (Å²) in [5.74, 6) is 4.59. The first-order valence-corrected chi connectivity index (χ1v) is 41.2. The van der Waals surface area contributed by atoms with Gasteiger partial charge < -0.3 is 25.1 Å². The summed E-state index contributed by atoms with van der Waals surface area (Å²) < 4.78 is 16.1. The number of hydrogen-bond acceptors (Lipinski definition) is 13. The maximum Gasteiger partial charge on any atom is 0.196 e. The molecule has 4 heterocycles. The second kappa shape index (κ2) is 39.3. The lowest BCUT2D eigenvalue weighted by molar-refractivity contribution is 0.0962. The lowest BCUT2D eigenvalue weighted by Crippen LogP contribution is -2.21. The quantitative estimate of drug-likeness (QED) is 0.0910. The van der Waals surface area contributed by atoms with E-state index in [-0.39, 0.29) is 23.0 Å². The van der Waals surface area contributed by atoms with E-state index in [1.54, 1.807) is 44.8 Å². The Morgan fingerprint density at radius 3 is 1.45 bits per heavy atom. The van der Waals surface area contributed by atoms with Crippen LogP contribution in [0.4, 0.5) is 5.69 Å². The van der Waals surface area contributed by atoms with Crippen molar-refractivity contribution in [1.82, 2.24) is 0 Å². The minimum absolute atomic E-state index is 0.00509. The molecule has 0 saturated carbocycles. The topological polar surface area (TPSA) is 108 Å². The zero-order valence-electron chi connectivity index (χ0n) is 66.2. The zero-order valence-corrected chi connectivity index (χ0v) is 71.2. The number of anilines is 1. The molecule has 0 radical (unpaired) electrons. The first-order valence-electron chi connectivity index (χ1n) is 36.5. The number of Topliss-reactive ketones (excluding diaryl/α,β-unsaturated/α-hetero) is 1. The number of benzene rings is 11. The van der Waals surface area contributed by atoms with Crippen molar-refractivity contribution >= 4 is 99.0 Å². The number of thioether (sulfide) groups is 3. The molecule has 3 atom stereocenters. The molecule has 11 aromatic carbocycles. The van der Waals surface area contributed by atoms with E-state index < -0.39 is 6.10 Å². The molecule has 3 aliphatic heterocycles. The van der Waals surface area contributed by atoms with E-state index in [9.17, 15) is 14.7 Å². The van der Waals surface area contributed by atoms with E-state index in [0.29, 0.717) is 0 Å². The van der Waals surface area contributed by atoms with Crippen LogP contribution < -0.4 is 25.4 Å². The molecule has 0 bridgehead atoms. The first kappa shape index (κ1) is 84.4. The molecule has 1 aromatic heterocycles. The van der Waals surface area contributed by atoms with Crippen molar-refractivity contribution in [2.24, 2.45) is 0 Å². The van der Waals surface area contributed by atoms with Gasteiger partial charge in [0, 0.05) is 86.3 Å². The van der Waals surface area contributed by atoms with Gasteiger partial charge in [0.25, 0.3) is 0 Å². The van der Waals surface area contributed by atoms with Crippen LogP contribution in [-0.4, -0.2) is 43.7 Å². The van der Waals surface area contributed by atoms with Crippen molar-refractivity contribution in [2.45, 2.75) is 153 Å². The summed E-state index contributed by atoms with van der Waals surface area (Å²) >= 11 is 15.6. The second-order valence-corrected chi connectivity index (χ2v) is 33.7. The Kier molecular flexibility index (Phi) is 30.4. The van der Waals surface area contributed by atoms with Crippen molar-refractivity contribution in [3.05, 3.63) is 338 Å². The fraction of sp³-hybridized carbons (Fsp3) is 0.250. The molecule has 7 nitrogen and oxygen atoms in total. The molecule has 0 aliphatic carbocycles. The number of carbonyl (C=O) groups excluding carboxylic acids is 1. The van der Waals surface area contributed by atoms with Crippen molar-refractivity contribution in [1.29, 1.82) is 0 Å². The lowest BCUT2D eigenvalue weighted by Gasteiger charge is -2.31. The summed E-state index contributed by atoms with van der Waals surface area (Å²) in [7, 11) is 4.86. The summed E-state index contributed by atoms with van der Waals surface area (Å²) in [4.78, 5) is 31.3. The number of rotatable bonds is 7. The summed E-state index contributed by atoms with van der Waals surface area (Å²) in [6, 6.07) is 68.6. The summed E-state index contributed by atoms with van der Waals surface area (Å²) in [5.41, 5.74) is 35.5. The Labute approximate surface area is 675 Å². The van der Waals surface area contributed by atoms with Crippen LogP contribution in [0.3, 0.4) is 0 Å². The first-order chi connectivity index (χ1) is 52.0. The third kappa shape index (κ3) is 23.2. The highest BCUT2D eigenvalue weighted by molar-refractivity contribution is 8.02. The Balaban J connectivity index is 0.000000150. The molecule has 0 saturated heterocycles. The van der Waals surface area contributed by atoms with Crippen LogP contribution in [0.2, 0.25) is 0 Å². The molecule has 109 heavy (non-hydrogen) atoms. The minimum atomic E-state index is -0.394. The summed E-state index contributed by atoms with van der Waals surface area (Å²) in [6.45, 7) is 31.3. The number of aryl methyl sites for hydroxylation is 15. The van der Waals surface area contributed by atoms with E-state index in [4.69, 9.17) is 19.9 Å². The number of fused-ring (bicyclic) bond motifs is 4. The highest BCUT2D eigenvalue weighted by Gasteiger charge is 2.32. The van der Waals surface area contributed by atoms with E-state index >= 15 is 0 Å². The van der Waals surface area contributed by atoms with Gasteiger partial charge in [-0.05, 0) is 277 Å². The predicted molar refractivity (Wildman–Crippen MR) is 475 cm³/mol. The Morgan fingerprint density at radius 2 is 0.890 bits per heavy atom. The number of carbonyl (C=O) groups is 1. The van der Waals surface area contributed by atoms with E-state index in [0.717, 1.165) is 110 Å². The number of hydrogen-bond donors (Lipinski definition) is 4. The molecule has 12 aromatic rings. The Morgan fingerprint density at radius 1 is 0.431 bits per heavy atom. The van der Waals surface area contributed by atoms with Crippen LogP contribution in [0.5, 0.6) is 17.2 Å². The molecule has 0 spiro atoms. The Bertz CT molecular complexity index is 5160. The van der Waals surface area contributed by atoms with Crippen molar-refractivity contribution < 1.29 is 24.1 Å². The largest absolute Gasteiger partial charge is 0.497 e. The number of nitrogen functional groups attached to an aromatic ring is 1. The number of ketones is 1. The molecule has 3 N–H and O–H groups in total. The van der Waals surface area contributed by atoms with Gasteiger partial charge in [-0.15, -0.1) is 60.1 Å². The minimum Gasteiger partial charge on any atom is -0.497 e. The highest BCUT2D eigenvalue weighted by atomic mass is 32.2. The fourth-order valence-electron chi connectivity index (χ4n) is 13.6. The molecule has 0 fully saturated rings. The van der Waals surface area contributed by atoms with Crippen LogP contribution in [-0.2, 0) is 6.42 Å². The van der Waals surface area contributed by atoms with Gasteiger partial charge in [0.2, 0.25) is 0 Å². The van der Waals surface area contributed by atoms with Gasteiger partial charge in [0.1, 0.15) is 17.2 Å². The number of ether oxygens (including phenoxy) is 3. The molecule has 3 aliphatic rings. The number of aliphatic hydroxyl groups excluding tert-OH is 1. The second-order valence-electron chi connectivity index (χ2n) is 28.7. The third-order valence-corrected chi connectivity index (χ3v) is 23.9. The predicted octanol–water partition coefficient (Wildman–Crippen LogP) is 25.5. The number of methoxy groups -OCH3 is 3. The maximum atomic E-state index is 12.8. The fourth-order valence-corrected chi connectivity index (χ4v) is 19.3. The van der Waals surface area contributed by atoms with Crippen LogP contribution in [0.15, 0.2) is 240 Å². The van der Waals surface area contributed by atoms with Crippen LogP contribution in [0, 0.1) is 104 Å². The number of allylic oxidation sites excluding steroid dienone is 1. The average Bonchev–Trinajstić information content (AvgIpc) is 0.803. The zero-order chi connectivity index (χ0) is 78.9. The lowest BCUT2D eigenvalue weighted by atomic mass is 9.87. The summed E-state index contributed by atoms with van der Waals surface area (Å²) in [5, 5.41) is 16.0. The smallest absolute Gasteiger partial charge is 0.196 e. The van der Waals surface area contributed by atoms with Gasteiger partial charge in [-0.25, -0.2) is 0 Å². The third-order valence-electron chi connectivity index (χ3n) is 19.1. The maximum absolute atomic E-state index is 12.8. The highest BCUT2D eigenvalue weighted by Crippen LogP contribution is 2.47. The molecule has 3 unspecified atom stereocenters. The van der Waals surface area contributed by atoms with Gasteiger partial charge in [-0.2, -0.15) is 0 Å². The van der Waals surface area contributed by atoms with Crippen molar-refractivity contribution in [3.8, 4) is 28.4 Å². The molecule has 0 amide bonds. The van der Waals surface area contributed by atoms with Gasteiger partial charge in [-0.1, -0.05) is 161 Å². The van der Waals surface area contributed by atoms with Gasteiger partial charge >= 0.3 is 0 Å². The molecule has 13 heteroatoms. The monoisotopic (exact) mass is 1560 g/mol. The number of thiol groups is 2. The Hall–Kier alpha value is -8.63. The number of nitrogens with two attached hydrogens (primary N) is 1. The normalized spacial score (nSPS) is 14.3. The van der Waals surface area contributed by atoms with Gasteiger partial charge in [0.15, 0.2) is 11.2 Å². The van der Waals surface area contributed by atoms with E-state index in [2.05, 4.69) is 253 Å². The van der Waals surface area contributed by atoms with E-state index in [1.165, 1.54) is 98.8 Å². The SMILES string of the molecule is COc1cc(C)cc(N)c1.COc1cc(S)cc(OC)c1.Cc1cc(C)cc(S)c1.Cc1ccc(-c2csc3cc(C)cc(C)c3c2=O)cc1.Cc1ccc(C2=CSc3cc(C)cc(C)c3C2)cc1.Cc1ccc(C2CSc3cc(C)cc(C)c3C2=O)cc1.Cc1ccc(C2CSc3cc(C)cc(C)c3C2O)cc1. The molecular weight excluding hydrogens is 1460 g/mol. The molecular formula is C96H103NO6S6. The standard InChI is InChI=1S/C18H20OS.C18H18OS.C18H16OS.C18H18S.C8H11NO.C8H10O2S.C8H10S/c3*1-11-4-6-14(7-5-11)15-10-20-16-9-12(2)8-13(3)17(16)18(15)19;1-12-4-6-15(7-5-12)16-10-17-14(3)8-13(2)9-18(17)19-11-16;1-6-3-7(9)5-8(4-6)10-2;1-9-6-3-7(10-2)5-8(11)4-6;1-6-3-7(2)5-8(9)4-6/h4-9,15,18-19H,10H2,1-3H3;4-9,15H,10H2,1-3H3;4-10H,1-3H3;4-9,11H,10H2,1-3H3;3-5H,9H2,1-2H3;3-5,11H,1-2H3;3-5,9H,1-2H3. The molecule has 564 valence electrons. The average molecular weight is 1560 g/mol. The van der Waals surface area contributed by atoms with Crippen molar-refractivity contribution in [2.75, 3.05) is 38.6 Å². The number of aliphatic hydroxyl groups is 1. The van der Waals surface area contributed by atoms with Gasteiger partial charge in [-0.3, -0.25) is 9.59 Å². The van der Waals surface area contributed by atoms with E-state index in [1.807, 2.05) is 110 Å². The molecule has 15 rings (SSSR count). The summed E-state index contributed by atoms with van der Waals surface area (Å²) in [6.07, 6.45) is 0.659. The van der Waals surface area contributed by atoms with Crippen molar-refractivity contribution in [3.63, 3.8) is 0 Å². The van der Waals surface area contributed by atoms with Gasteiger partial charge in [0.05, 0.1) is 33.4 Å². The van der Waals surface area contributed by atoms with Crippen LogP contribution >= 0.6 is 71.9 Å².